The third-order valence-corrected chi connectivity index (χ3v) is 5.29. The second kappa shape index (κ2) is 10.7. The average molecular weight is 509 g/mol. The van der Waals surface area contributed by atoms with Crippen molar-refractivity contribution in [2.24, 2.45) is 0 Å². The number of carbonyl (C=O) groups excluding carboxylic acids is 2. The molecule has 2 amide bonds. The van der Waals surface area contributed by atoms with E-state index in [9.17, 15) is 18.4 Å². The van der Waals surface area contributed by atoms with E-state index in [2.05, 4.69) is 20.7 Å². The minimum absolute atomic E-state index is 0.0123. The number of tetrazole rings is 1. The zero-order valence-corrected chi connectivity index (χ0v) is 20.6. The fraction of sp³-hybridized carbons (Fsp3) is 0.269. The van der Waals surface area contributed by atoms with Gasteiger partial charge < -0.3 is 14.6 Å². The Hall–Kier alpha value is -4.41. The molecule has 1 N–H and O–H groups in total. The van der Waals surface area contributed by atoms with E-state index >= 15 is 0 Å². The summed E-state index contributed by atoms with van der Waals surface area (Å²) in [6.45, 7) is 5.13. The molecular formula is C26H26F2N6O3. The molecule has 0 aliphatic rings. The average Bonchev–Trinajstić information content (AvgIpc) is 3.52. The number of rotatable bonds is 8. The first-order chi connectivity index (χ1) is 17.6. The molecule has 2 heterocycles. The lowest BCUT2D eigenvalue weighted by Crippen LogP contribution is -2.49. The van der Waals surface area contributed by atoms with Crippen LogP contribution in [-0.4, -0.2) is 42.5 Å². The minimum Gasteiger partial charge on any atom is -0.467 e. The molecule has 4 aromatic rings. The van der Waals surface area contributed by atoms with Crippen LogP contribution in [0.3, 0.4) is 0 Å². The van der Waals surface area contributed by atoms with Crippen molar-refractivity contribution in [3.63, 3.8) is 0 Å². The van der Waals surface area contributed by atoms with Crippen molar-refractivity contribution in [3.05, 3.63) is 89.9 Å². The zero-order valence-electron chi connectivity index (χ0n) is 20.6. The van der Waals surface area contributed by atoms with Gasteiger partial charge in [-0.1, -0.05) is 12.1 Å². The van der Waals surface area contributed by atoms with E-state index in [1.54, 1.807) is 12.1 Å². The number of nitrogens with zero attached hydrogens (tertiary/aromatic N) is 5. The Morgan fingerprint density at radius 1 is 1.03 bits per heavy atom. The number of amides is 2. The lowest BCUT2D eigenvalue weighted by atomic mass is 10.1. The molecule has 1 unspecified atom stereocenters. The van der Waals surface area contributed by atoms with Crippen LogP contribution in [0.5, 0.6) is 0 Å². The Morgan fingerprint density at radius 3 is 2.27 bits per heavy atom. The van der Waals surface area contributed by atoms with Crippen LogP contribution in [-0.2, 0) is 22.7 Å². The topological polar surface area (TPSA) is 106 Å². The summed E-state index contributed by atoms with van der Waals surface area (Å²) < 4.78 is 32.3. The van der Waals surface area contributed by atoms with Gasteiger partial charge in [0.15, 0.2) is 6.04 Å². The van der Waals surface area contributed by atoms with Crippen LogP contribution in [0, 0.1) is 11.6 Å². The third-order valence-electron chi connectivity index (χ3n) is 5.29. The Morgan fingerprint density at radius 2 is 1.68 bits per heavy atom. The fourth-order valence-corrected chi connectivity index (χ4v) is 3.66. The van der Waals surface area contributed by atoms with Crippen molar-refractivity contribution in [1.82, 2.24) is 30.4 Å². The molecule has 2 aromatic heterocycles. The number of hydrogen-bond acceptors (Lipinski definition) is 6. The van der Waals surface area contributed by atoms with Crippen LogP contribution < -0.4 is 5.32 Å². The number of halogens is 2. The van der Waals surface area contributed by atoms with Crippen molar-refractivity contribution in [3.8, 4) is 11.4 Å². The number of benzene rings is 2. The maximum absolute atomic E-state index is 13.6. The zero-order chi connectivity index (χ0) is 26.6. The number of hydrogen-bond donors (Lipinski definition) is 1. The fourth-order valence-electron chi connectivity index (χ4n) is 3.66. The van der Waals surface area contributed by atoms with Crippen molar-refractivity contribution in [2.75, 3.05) is 0 Å². The molecular weight excluding hydrogens is 482 g/mol. The first kappa shape index (κ1) is 25.7. The predicted molar refractivity (Wildman–Crippen MR) is 130 cm³/mol. The highest BCUT2D eigenvalue weighted by molar-refractivity contribution is 5.88. The van der Waals surface area contributed by atoms with Gasteiger partial charge in [-0.3, -0.25) is 9.59 Å². The Bertz CT molecular complexity index is 1350. The molecule has 0 fully saturated rings. The quantitative estimate of drug-likeness (QED) is 0.387. The molecule has 0 spiro atoms. The van der Waals surface area contributed by atoms with Crippen molar-refractivity contribution in [2.45, 2.75) is 45.4 Å². The first-order valence-corrected chi connectivity index (χ1v) is 11.5. The summed E-state index contributed by atoms with van der Waals surface area (Å²) in [6, 6.07) is 13.3. The van der Waals surface area contributed by atoms with E-state index in [0.717, 1.165) is 4.80 Å². The van der Waals surface area contributed by atoms with E-state index < -0.39 is 35.0 Å². The standard InChI is InChI=1S/C26H26F2N6O3/c1-26(2,3)29-25(36)23(21-5-4-14-37-21)33(15-17-6-10-19(27)11-7-17)22(35)16-34-31-24(30-32-34)18-8-12-20(28)13-9-18/h4-14,23H,15-16H2,1-3H3,(H,29,36). The second-order valence-electron chi connectivity index (χ2n) is 9.46. The van der Waals surface area contributed by atoms with E-state index in [1.807, 2.05) is 20.8 Å². The van der Waals surface area contributed by atoms with E-state index in [0.29, 0.717) is 11.1 Å². The van der Waals surface area contributed by atoms with Crippen LogP contribution in [0.15, 0.2) is 71.3 Å². The highest BCUT2D eigenvalue weighted by atomic mass is 19.1. The Balaban J connectivity index is 1.65. The maximum Gasteiger partial charge on any atom is 0.251 e. The van der Waals surface area contributed by atoms with Gasteiger partial charge in [-0.05, 0) is 80.1 Å². The summed E-state index contributed by atoms with van der Waals surface area (Å²) in [5.74, 6) is -1.30. The van der Waals surface area contributed by atoms with Crippen LogP contribution in [0.2, 0.25) is 0 Å². The maximum atomic E-state index is 13.6. The molecule has 0 aliphatic heterocycles. The van der Waals surface area contributed by atoms with Gasteiger partial charge in [-0.2, -0.15) is 4.80 Å². The van der Waals surface area contributed by atoms with Gasteiger partial charge in [0, 0.05) is 17.6 Å². The summed E-state index contributed by atoms with van der Waals surface area (Å²) >= 11 is 0. The van der Waals surface area contributed by atoms with Gasteiger partial charge in [0.1, 0.15) is 23.9 Å². The summed E-state index contributed by atoms with van der Waals surface area (Å²) in [7, 11) is 0. The summed E-state index contributed by atoms with van der Waals surface area (Å²) in [4.78, 5) is 29.5. The summed E-state index contributed by atoms with van der Waals surface area (Å²) in [5, 5.41) is 15.0. The smallest absolute Gasteiger partial charge is 0.251 e. The molecule has 37 heavy (non-hydrogen) atoms. The molecule has 1 atom stereocenters. The largest absolute Gasteiger partial charge is 0.467 e. The van der Waals surface area contributed by atoms with Crippen LogP contribution in [0.25, 0.3) is 11.4 Å². The van der Waals surface area contributed by atoms with Gasteiger partial charge in [0.2, 0.25) is 11.7 Å². The van der Waals surface area contributed by atoms with Gasteiger partial charge in [0.05, 0.1) is 6.26 Å². The molecule has 4 rings (SSSR count). The van der Waals surface area contributed by atoms with Crippen LogP contribution in [0.1, 0.15) is 38.1 Å². The van der Waals surface area contributed by atoms with Crippen LogP contribution in [0.4, 0.5) is 8.78 Å². The molecule has 0 aliphatic carbocycles. The lowest BCUT2D eigenvalue weighted by molar-refractivity contribution is -0.143. The molecule has 11 heteroatoms. The SMILES string of the molecule is CC(C)(C)NC(=O)C(c1ccco1)N(Cc1ccc(F)cc1)C(=O)Cn1nnc(-c2ccc(F)cc2)n1. The second-order valence-corrected chi connectivity index (χ2v) is 9.46. The highest BCUT2D eigenvalue weighted by Gasteiger charge is 2.35. The van der Waals surface area contributed by atoms with E-state index in [-0.39, 0.29) is 24.7 Å². The molecule has 192 valence electrons. The normalized spacial score (nSPS) is 12.2. The van der Waals surface area contributed by atoms with E-state index in [4.69, 9.17) is 4.42 Å². The van der Waals surface area contributed by atoms with Crippen molar-refractivity contribution in [1.29, 1.82) is 0 Å². The lowest BCUT2D eigenvalue weighted by Gasteiger charge is -2.32. The Labute approximate surface area is 212 Å². The van der Waals surface area contributed by atoms with Crippen molar-refractivity contribution >= 4 is 11.8 Å². The molecule has 2 aromatic carbocycles. The number of aromatic nitrogens is 4. The summed E-state index contributed by atoms with van der Waals surface area (Å²) in [5.41, 5.74) is 0.555. The molecule has 0 bridgehead atoms. The van der Waals surface area contributed by atoms with Gasteiger partial charge in [-0.15, -0.1) is 10.2 Å². The number of nitrogens with one attached hydrogen (secondary N) is 1. The molecule has 0 saturated heterocycles. The highest BCUT2D eigenvalue weighted by Crippen LogP contribution is 2.26. The first-order valence-electron chi connectivity index (χ1n) is 11.5. The molecule has 0 radical (unpaired) electrons. The molecule has 9 nitrogen and oxygen atoms in total. The van der Waals surface area contributed by atoms with Gasteiger partial charge in [-0.25, -0.2) is 8.78 Å². The van der Waals surface area contributed by atoms with Crippen LogP contribution >= 0.6 is 0 Å². The predicted octanol–water partition coefficient (Wildman–Crippen LogP) is 3.90. The monoisotopic (exact) mass is 508 g/mol. The van der Waals surface area contributed by atoms with Gasteiger partial charge in [0.25, 0.3) is 5.91 Å². The Kier molecular flexibility index (Phi) is 7.42. The van der Waals surface area contributed by atoms with Gasteiger partial charge >= 0.3 is 0 Å². The third kappa shape index (κ3) is 6.63. The van der Waals surface area contributed by atoms with E-state index in [1.165, 1.54) is 59.7 Å². The number of carbonyl (C=O) groups is 2. The number of furan rings is 1. The minimum atomic E-state index is -1.12. The summed E-state index contributed by atoms with van der Waals surface area (Å²) in [6.07, 6.45) is 1.42. The molecule has 0 saturated carbocycles. The van der Waals surface area contributed by atoms with Crippen molar-refractivity contribution < 1.29 is 22.8 Å².